The predicted molar refractivity (Wildman–Crippen MR) is 189 cm³/mol. The largest absolute Gasteiger partial charge is 0.455 e. The highest BCUT2D eigenvalue weighted by molar-refractivity contribution is 6.27. The highest BCUT2D eigenvalue weighted by Gasteiger charge is 2.36. The highest BCUT2D eigenvalue weighted by atomic mass is 16.3. The van der Waals surface area contributed by atoms with Gasteiger partial charge in [0, 0.05) is 43.9 Å². The van der Waals surface area contributed by atoms with Crippen LogP contribution in [0.1, 0.15) is 25.0 Å². The molecular formula is C43H31NO. The minimum atomic E-state index is -0.112. The summed E-state index contributed by atoms with van der Waals surface area (Å²) >= 11 is 0. The van der Waals surface area contributed by atoms with Crippen molar-refractivity contribution < 1.29 is 4.42 Å². The zero-order chi connectivity index (χ0) is 30.1. The Bertz CT molecular complexity index is 2400. The van der Waals surface area contributed by atoms with Crippen LogP contribution in [0.15, 0.2) is 156 Å². The Morgan fingerprint density at radius 3 is 1.93 bits per heavy atom. The number of furan rings is 1. The molecule has 0 spiro atoms. The first-order valence-electron chi connectivity index (χ1n) is 15.6. The number of hydrogen-bond acceptors (Lipinski definition) is 2. The average Bonchev–Trinajstić information content (AvgIpc) is 3.59. The third kappa shape index (κ3) is 3.76. The van der Waals surface area contributed by atoms with Gasteiger partial charge in [0.15, 0.2) is 0 Å². The molecule has 9 rings (SSSR count). The lowest BCUT2D eigenvalue weighted by Crippen LogP contribution is -2.17. The first kappa shape index (κ1) is 25.9. The second-order valence-corrected chi connectivity index (χ2v) is 12.5. The summed E-state index contributed by atoms with van der Waals surface area (Å²) < 4.78 is 6.68. The Hall–Kier alpha value is -5.60. The third-order valence-electron chi connectivity index (χ3n) is 9.63. The van der Waals surface area contributed by atoms with Gasteiger partial charge in [-0.1, -0.05) is 135 Å². The van der Waals surface area contributed by atoms with E-state index in [1.165, 1.54) is 27.8 Å². The van der Waals surface area contributed by atoms with Crippen LogP contribution in [-0.4, -0.2) is 0 Å². The fourth-order valence-corrected chi connectivity index (χ4v) is 7.56. The quantitative estimate of drug-likeness (QED) is 0.207. The van der Waals surface area contributed by atoms with Gasteiger partial charge in [-0.2, -0.15) is 0 Å². The molecule has 0 unspecified atom stereocenters. The minimum Gasteiger partial charge on any atom is -0.455 e. The highest BCUT2D eigenvalue weighted by Crippen LogP contribution is 2.54. The van der Waals surface area contributed by atoms with Crippen LogP contribution in [0.4, 0.5) is 17.1 Å². The Morgan fingerprint density at radius 1 is 0.511 bits per heavy atom. The fraction of sp³-hybridized carbons (Fsp3) is 0.0698. The maximum absolute atomic E-state index is 6.68. The Kier molecular flexibility index (Phi) is 5.58. The van der Waals surface area contributed by atoms with Gasteiger partial charge in [0.05, 0.1) is 5.69 Å². The van der Waals surface area contributed by atoms with Crippen LogP contribution in [0, 0.1) is 0 Å². The summed E-state index contributed by atoms with van der Waals surface area (Å²) in [6.45, 7) is 4.70. The molecule has 1 aromatic heterocycles. The van der Waals surface area contributed by atoms with Gasteiger partial charge in [0.2, 0.25) is 0 Å². The van der Waals surface area contributed by atoms with Gasteiger partial charge in [0.1, 0.15) is 11.2 Å². The molecule has 2 heteroatoms. The molecule has 0 bridgehead atoms. The van der Waals surface area contributed by atoms with Gasteiger partial charge in [-0.05, 0) is 58.1 Å². The molecule has 0 fully saturated rings. The molecule has 45 heavy (non-hydrogen) atoms. The molecule has 1 heterocycles. The van der Waals surface area contributed by atoms with Crippen LogP contribution in [0.5, 0.6) is 0 Å². The predicted octanol–water partition coefficient (Wildman–Crippen LogP) is 12.2. The Balaban J connectivity index is 1.44. The van der Waals surface area contributed by atoms with Crippen molar-refractivity contribution >= 4 is 49.8 Å². The maximum atomic E-state index is 6.68. The second kappa shape index (κ2) is 9.70. The van der Waals surface area contributed by atoms with Gasteiger partial charge in [-0.3, -0.25) is 0 Å². The first-order chi connectivity index (χ1) is 22.1. The van der Waals surface area contributed by atoms with E-state index in [-0.39, 0.29) is 5.41 Å². The summed E-state index contributed by atoms with van der Waals surface area (Å²) in [5, 5.41) is 4.51. The van der Waals surface area contributed by atoms with E-state index in [2.05, 4.69) is 170 Å². The van der Waals surface area contributed by atoms with Crippen LogP contribution in [0.3, 0.4) is 0 Å². The average molecular weight is 578 g/mol. The molecule has 8 aromatic rings. The van der Waals surface area contributed by atoms with E-state index >= 15 is 0 Å². The van der Waals surface area contributed by atoms with Crippen molar-refractivity contribution in [1.29, 1.82) is 0 Å². The van der Waals surface area contributed by atoms with E-state index in [1.54, 1.807) is 0 Å². The maximum Gasteiger partial charge on any atom is 0.144 e. The number of para-hydroxylation sites is 2. The van der Waals surface area contributed by atoms with Gasteiger partial charge in [0.25, 0.3) is 0 Å². The molecule has 0 amide bonds. The van der Waals surface area contributed by atoms with E-state index in [0.29, 0.717) is 0 Å². The van der Waals surface area contributed by atoms with Gasteiger partial charge in [-0.15, -0.1) is 0 Å². The summed E-state index contributed by atoms with van der Waals surface area (Å²) in [4.78, 5) is 2.46. The lowest BCUT2D eigenvalue weighted by atomic mass is 9.82. The van der Waals surface area contributed by atoms with Crippen molar-refractivity contribution in [3.63, 3.8) is 0 Å². The molecule has 0 saturated carbocycles. The molecule has 1 aliphatic rings. The molecule has 7 aromatic carbocycles. The number of fused-ring (bicyclic) bond motifs is 8. The fourth-order valence-electron chi connectivity index (χ4n) is 7.56. The summed E-state index contributed by atoms with van der Waals surface area (Å²) in [7, 11) is 0. The Labute approximate surface area is 262 Å². The van der Waals surface area contributed by atoms with Crippen LogP contribution in [-0.2, 0) is 5.41 Å². The smallest absolute Gasteiger partial charge is 0.144 e. The molecule has 0 saturated heterocycles. The van der Waals surface area contributed by atoms with E-state index in [1.807, 2.05) is 0 Å². The SMILES string of the molecule is CC1(C)c2ccccc2-c2ccc(N(c3ccccc3)c3c(-c4ccccc4)c4c5ccccc5oc4c4ccccc34)cc21. The summed E-state index contributed by atoms with van der Waals surface area (Å²) in [6.07, 6.45) is 0. The number of anilines is 3. The number of nitrogens with zero attached hydrogens (tertiary/aromatic N) is 1. The van der Waals surface area contributed by atoms with E-state index in [0.717, 1.165) is 55.3 Å². The number of hydrogen-bond donors (Lipinski definition) is 0. The van der Waals surface area contributed by atoms with Crippen LogP contribution < -0.4 is 4.90 Å². The molecular weight excluding hydrogens is 546 g/mol. The van der Waals surface area contributed by atoms with E-state index in [4.69, 9.17) is 4.42 Å². The lowest BCUT2D eigenvalue weighted by molar-refractivity contribution is 0.660. The molecule has 0 radical (unpaired) electrons. The summed E-state index contributed by atoms with van der Waals surface area (Å²) in [5.41, 5.74) is 12.8. The lowest BCUT2D eigenvalue weighted by Gasteiger charge is -2.31. The van der Waals surface area contributed by atoms with Gasteiger partial charge in [-0.25, -0.2) is 0 Å². The molecule has 0 aliphatic heterocycles. The van der Waals surface area contributed by atoms with E-state index in [9.17, 15) is 0 Å². The summed E-state index contributed by atoms with van der Waals surface area (Å²) in [6, 6.07) is 54.6. The van der Waals surface area contributed by atoms with Gasteiger partial charge < -0.3 is 9.32 Å². The zero-order valence-electron chi connectivity index (χ0n) is 25.3. The molecule has 2 nitrogen and oxygen atoms in total. The van der Waals surface area contributed by atoms with Crippen molar-refractivity contribution in [2.75, 3.05) is 4.90 Å². The van der Waals surface area contributed by atoms with Crippen LogP contribution >= 0.6 is 0 Å². The number of benzene rings is 7. The van der Waals surface area contributed by atoms with Crippen molar-refractivity contribution in [2.24, 2.45) is 0 Å². The topological polar surface area (TPSA) is 16.4 Å². The van der Waals surface area contributed by atoms with Crippen molar-refractivity contribution in [1.82, 2.24) is 0 Å². The molecule has 1 aliphatic carbocycles. The molecule has 214 valence electrons. The van der Waals surface area contributed by atoms with Crippen LogP contribution in [0.25, 0.3) is 55.0 Å². The van der Waals surface area contributed by atoms with Crippen molar-refractivity contribution in [3.05, 3.63) is 163 Å². The minimum absolute atomic E-state index is 0.112. The molecule has 0 N–H and O–H groups in total. The normalized spacial score (nSPS) is 13.3. The number of rotatable bonds is 4. The molecule has 0 atom stereocenters. The first-order valence-corrected chi connectivity index (χ1v) is 15.6. The van der Waals surface area contributed by atoms with Crippen molar-refractivity contribution in [3.8, 4) is 22.3 Å². The standard InChI is InChI=1S/C43H31NO/c1-43(2)36-23-13-11-19-31(36)32-26-25-30(27-37(32)43)44(29-17-7-4-8-18-29)41-33-20-9-10-21-34(33)42-40(35-22-12-14-24-38(35)45-42)39(41)28-15-5-3-6-16-28/h3-27H,1-2H3. The summed E-state index contributed by atoms with van der Waals surface area (Å²) in [5.74, 6) is 0. The van der Waals surface area contributed by atoms with E-state index < -0.39 is 0 Å². The van der Waals surface area contributed by atoms with Crippen LogP contribution in [0.2, 0.25) is 0 Å². The third-order valence-corrected chi connectivity index (χ3v) is 9.63. The van der Waals surface area contributed by atoms with Gasteiger partial charge >= 0.3 is 0 Å². The zero-order valence-corrected chi connectivity index (χ0v) is 25.3. The Morgan fingerprint density at radius 2 is 1.13 bits per heavy atom. The second-order valence-electron chi connectivity index (χ2n) is 12.5. The van der Waals surface area contributed by atoms with Crippen molar-refractivity contribution in [2.45, 2.75) is 19.3 Å². The monoisotopic (exact) mass is 577 g/mol.